The summed E-state index contributed by atoms with van der Waals surface area (Å²) in [4.78, 5) is 16.6. The maximum atomic E-state index is 12.3. The van der Waals surface area contributed by atoms with E-state index in [1.807, 2.05) is 44.6 Å². The molecule has 1 aliphatic heterocycles. The number of fused-ring (bicyclic) bond motifs is 1. The molecule has 3 aromatic heterocycles. The van der Waals surface area contributed by atoms with E-state index in [2.05, 4.69) is 22.1 Å². The molecule has 0 radical (unpaired) electrons. The van der Waals surface area contributed by atoms with Crippen LogP contribution >= 0.6 is 11.3 Å². The number of hydrogen-bond donors (Lipinski definition) is 0. The standard InChI is InChI=1S/C17H18N4OS/c22-17(14-4-10-23-13-14)20-8-6-19(7-9-20)12-15-11-16-3-1-2-5-21(16)18-15/h1-5,10-11,13H,6-9,12H2. The Morgan fingerprint density at radius 2 is 2.04 bits per heavy atom. The SMILES string of the molecule is O=C(c1ccsc1)N1CCN(Cc2cc3ccccn3n2)CC1. The van der Waals surface area contributed by atoms with E-state index in [-0.39, 0.29) is 5.91 Å². The van der Waals surface area contributed by atoms with E-state index in [1.165, 1.54) is 0 Å². The van der Waals surface area contributed by atoms with E-state index >= 15 is 0 Å². The van der Waals surface area contributed by atoms with Crippen molar-refractivity contribution in [1.82, 2.24) is 19.4 Å². The van der Waals surface area contributed by atoms with Gasteiger partial charge >= 0.3 is 0 Å². The Morgan fingerprint density at radius 3 is 2.78 bits per heavy atom. The monoisotopic (exact) mass is 326 g/mol. The minimum absolute atomic E-state index is 0.152. The third-order valence-electron chi connectivity index (χ3n) is 4.23. The van der Waals surface area contributed by atoms with Crippen LogP contribution in [0.3, 0.4) is 0 Å². The second-order valence-corrected chi connectivity index (χ2v) is 6.57. The summed E-state index contributed by atoms with van der Waals surface area (Å²) in [6.07, 6.45) is 1.97. The highest BCUT2D eigenvalue weighted by Crippen LogP contribution is 2.14. The van der Waals surface area contributed by atoms with Crippen molar-refractivity contribution in [2.75, 3.05) is 26.2 Å². The first-order chi connectivity index (χ1) is 11.3. The van der Waals surface area contributed by atoms with E-state index in [1.54, 1.807) is 11.3 Å². The predicted molar refractivity (Wildman–Crippen MR) is 90.7 cm³/mol. The van der Waals surface area contributed by atoms with E-state index < -0.39 is 0 Å². The van der Waals surface area contributed by atoms with E-state index in [0.29, 0.717) is 0 Å². The van der Waals surface area contributed by atoms with Gasteiger partial charge in [0.1, 0.15) is 0 Å². The lowest BCUT2D eigenvalue weighted by molar-refractivity contribution is 0.0627. The molecule has 4 rings (SSSR count). The average Bonchev–Trinajstić information content (AvgIpc) is 3.24. The Labute approximate surface area is 138 Å². The fourth-order valence-corrected chi connectivity index (χ4v) is 3.60. The number of nitrogens with zero attached hydrogens (tertiary/aromatic N) is 4. The number of piperazine rings is 1. The van der Waals surface area contributed by atoms with E-state index in [0.717, 1.165) is 49.5 Å². The van der Waals surface area contributed by atoms with Crippen molar-refractivity contribution < 1.29 is 4.79 Å². The minimum Gasteiger partial charge on any atom is -0.336 e. The Bertz CT molecular complexity index is 770. The topological polar surface area (TPSA) is 40.9 Å². The zero-order valence-corrected chi connectivity index (χ0v) is 13.6. The molecule has 0 aliphatic carbocycles. The van der Waals surface area contributed by atoms with Crippen molar-refractivity contribution in [3.63, 3.8) is 0 Å². The number of thiophene rings is 1. The number of aromatic nitrogens is 2. The van der Waals surface area contributed by atoms with Gasteiger partial charge in [0.25, 0.3) is 5.91 Å². The van der Waals surface area contributed by atoms with Crippen molar-refractivity contribution >= 4 is 22.8 Å². The van der Waals surface area contributed by atoms with Crippen molar-refractivity contribution in [3.05, 3.63) is 58.5 Å². The molecule has 0 spiro atoms. The Hall–Kier alpha value is -2.18. The third-order valence-corrected chi connectivity index (χ3v) is 4.92. The first-order valence-corrected chi connectivity index (χ1v) is 8.71. The number of hydrogen-bond acceptors (Lipinski definition) is 4. The number of pyridine rings is 1. The molecule has 1 amide bonds. The van der Waals surface area contributed by atoms with Gasteiger partial charge in [0, 0.05) is 44.3 Å². The summed E-state index contributed by atoms with van der Waals surface area (Å²) in [5.41, 5.74) is 3.01. The highest BCUT2D eigenvalue weighted by atomic mass is 32.1. The fraction of sp³-hybridized carbons (Fsp3) is 0.294. The van der Waals surface area contributed by atoms with Gasteiger partial charge in [-0.2, -0.15) is 16.4 Å². The quantitative estimate of drug-likeness (QED) is 0.742. The molecule has 23 heavy (non-hydrogen) atoms. The van der Waals surface area contributed by atoms with Crippen molar-refractivity contribution in [2.45, 2.75) is 6.54 Å². The van der Waals surface area contributed by atoms with Crippen LogP contribution < -0.4 is 0 Å². The van der Waals surface area contributed by atoms with Gasteiger partial charge < -0.3 is 4.90 Å². The molecule has 0 N–H and O–H groups in total. The molecule has 1 fully saturated rings. The van der Waals surface area contributed by atoms with Crippen molar-refractivity contribution in [3.8, 4) is 0 Å². The zero-order valence-electron chi connectivity index (χ0n) is 12.8. The summed E-state index contributed by atoms with van der Waals surface area (Å²) in [6.45, 7) is 4.18. The van der Waals surface area contributed by atoms with Crippen LogP contribution in [0.1, 0.15) is 16.1 Å². The molecule has 0 bridgehead atoms. The summed E-state index contributed by atoms with van der Waals surface area (Å²) in [5.74, 6) is 0.152. The number of carbonyl (C=O) groups is 1. The molecule has 6 heteroatoms. The largest absolute Gasteiger partial charge is 0.336 e. The van der Waals surface area contributed by atoms with Gasteiger partial charge in [-0.05, 0) is 29.6 Å². The summed E-state index contributed by atoms with van der Waals surface area (Å²) in [6, 6.07) is 10.1. The summed E-state index contributed by atoms with van der Waals surface area (Å²) in [5, 5.41) is 8.47. The third kappa shape index (κ3) is 3.00. The molecule has 0 unspecified atom stereocenters. The van der Waals surface area contributed by atoms with Crippen LogP contribution in [0.4, 0.5) is 0 Å². The van der Waals surface area contributed by atoms with Gasteiger partial charge in [-0.25, -0.2) is 4.52 Å². The molecule has 1 aliphatic rings. The van der Waals surface area contributed by atoms with Crippen LogP contribution in [0.25, 0.3) is 5.52 Å². The number of carbonyl (C=O) groups excluding carboxylic acids is 1. The minimum atomic E-state index is 0.152. The molecule has 4 heterocycles. The van der Waals surface area contributed by atoms with Crippen molar-refractivity contribution in [1.29, 1.82) is 0 Å². The van der Waals surface area contributed by atoms with Crippen LogP contribution in [-0.4, -0.2) is 51.5 Å². The lowest BCUT2D eigenvalue weighted by Crippen LogP contribution is -2.48. The fourth-order valence-electron chi connectivity index (χ4n) is 2.98. The van der Waals surface area contributed by atoms with Crippen LogP contribution in [0.2, 0.25) is 0 Å². The normalized spacial score (nSPS) is 16.1. The zero-order chi connectivity index (χ0) is 15.6. The number of rotatable bonds is 3. The maximum absolute atomic E-state index is 12.3. The molecule has 5 nitrogen and oxygen atoms in total. The molecule has 0 saturated carbocycles. The van der Waals surface area contributed by atoms with Crippen LogP contribution in [0, 0.1) is 0 Å². The summed E-state index contributed by atoms with van der Waals surface area (Å²) < 4.78 is 1.91. The van der Waals surface area contributed by atoms with Gasteiger partial charge in [0.2, 0.25) is 0 Å². The second-order valence-electron chi connectivity index (χ2n) is 5.79. The van der Waals surface area contributed by atoms with Gasteiger partial charge in [-0.1, -0.05) is 6.07 Å². The highest BCUT2D eigenvalue weighted by molar-refractivity contribution is 7.08. The molecular weight excluding hydrogens is 308 g/mol. The van der Waals surface area contributed by atoms with E-state index in [4.69, 9.17) is 0 Å². The molecule has 3 aromatic rings. The van der Waals surface area contributed by atoms with Gasteiger partial charge in [0.05, 0.1) is 16.8 Å². The average molecular weight is 326 g/mol. The van der Waals surface area contributed by atoms with Crippen LogP contribution in [0.15, 0.2) is 47.3 Å². The lowest BCUT2D eigenvalue weighted by atomic mass is 10.2. The second kappa shape index (κ2) is 6.14. The predicted octanol–water partition coefficient (Wildman–Crippen LogP) is 2.35. The molecule has 0 aromatic carbocycles. The van der Waals surface area contributed by atoms with Crippen molar-refractivity contribution in [2.24, 2.45) is 0 Å². The summed E-state index contributed by atoms with van der Waals surface area (Å²) >= 11 is 1.57. The Kier molecular flexibility index (Phi) is 3.85. The smallest absolute Gasteiger partial charge is 0.254 e. The van der Waals surface area contributed by atoms with E-state index in [9.17, 15) is 4.79 Å². The van der Waals surface area contributed by atoms with Crippen LogP contribution in [0.5, 0.6) is 0 Å². The lowest BCUT2D eigenvalue weighted by Gasteiger charge is -2.34. The molecule has 118 valence electrons. The molecule has 0 atom stereocenters. The Balaban J connectivity index is 1.37. The van der Waals surface area contributed by atoms with Gasteiger partial charge in [0.15, 0.2) is 0 Å². The first-order valence-electron chi connectivity index (χ1n) is 7.77. The summed E-state index contributed by atoms with van der Waals surface area (Å²) in [7, 11) is 0. The van der Waals surface area contributed by atoms with Crippen LogP contribution in [-0.2, 0) is 6.54 Å². The number of amides is 1. The molecular formula is C17H18N4OS. The van der Waals surface area contributed by atoms with Gasteiger partial charge in [-0.3, -0.25) is 9.69 Å². The highest BCUT2D eigenvalue weighted by Gasteiger charge is 2.22. The Morgan fingerprint density at radius 1 is 1.17 bits per heavy atom. The van der Waals surface area contributed by atoms with Gasteiger partial charge in [-0.15, -0.1) is 0 Å². The maximum Gasteiger partial charge on any atom is 0.254 e. The molecule has 1 saturated heterocycles. The first kappa shape index (κ1) is 14.4.